The van der Waals surface area contributed by atoms with Crippen LogP contribution in [0, 0.1) is 0 Å². The van der Waals surface area contributed by atoms with Gasteiger partial charge in [0.2, 0.25) is 11.7 Å². The molecule has 8 heteroatoms. The first-order valence-electron chi connectivity index (χ1n) is 12.6. The lowest BCUT2D eigenvalue weighted by molar-refractivity contribution is -0.122. The highest BCUT2D eigenvalue weighted by Crippen LogP contribution is 2.40. The number of hydrogen-bond acceptors (Lipinski definition) is 7. The van der Waals surface area contributed by atoms with E-state index in [4.69, 9.17) is 18.9 Å². The topological polar surface area (TPSA) is 72.5 Å². The molecule has 198 valence electrons. The van der Waals surface area contributed by atoms with Gasteiger partial charge >= 0.3 is 0 Å². The Labute approximate surface area is 219 Å². The first kappa shape index (κ1) is 26.6. The van der Waals surface area contributed by atoms with Crippen molar-refractivity contribution < 1.29 is 23.7 Å². The summed E-state index contributed by atoms with van der Waals surface area (Å²) in [6, 6.07) is 16.4. The number of rotatable bonds is 11. The molecule has 1 aliphatic heterocycles. The first-order chi connectivity index (χ1) is 18.0. The lowest BCUT2D eigenvalue weighted by Crippen LogP contribution is -2.49. The smallest absolute Gasteiger partial charge is 0.234 e. The quantitative estimate of drug-likeness (QED) is 0.427. The van der Waals surface area contributed by atoms with E-state index in [9.17, 15) is 4.79 Å². The van der Waals surface area contributed by atoms with Gasteiger partial charge in [-0.15, -0.1) is 0 Å². The second-order valence-electron chi connectivity index (χ2n) is 9.19. The summed E-state index contributed by atoms with van der Waals surface area (Å²) in [6.07, 6.45) is 0.791. The number of benzene rings is 3. The third-order valence-corrected chi connectivity index (χ3v) is 6.86. The van der Waals surface area contributed by atoms with E-state index >= 15 is 0 Å². The highest BCUT2D eigenvalue weighted by atomic mass is 16.5. The summed E-state index contributed by atoms with van der Waals surface area (Å²) in [6.45, 7) is 5.23. The van der Waals surface area contributed by atoms with Crippen molar-refractivity contribution in [1.29, 1.82) is 0 Å². The lowest BCUT2D eigenvalue weighted by Gasteiger charge is -2.34. The third-order valence-electron chi connectivity index (χ3n) is 6.86. The zero-order chi connectivity index (χ0) is 26.2. The molecule has 1 heterocycles. The summed E-state index contributed by atoms with van der Waals surface area (Å²) in [5.41, 5.74) is 2.25. The van der Waals surface area contributed by atoms with E-state index in [0.717, 1.165) is 55.8 Å². The van der Waals surface area contributed by atoms with Crippen molar-refractivity contribution in [2.45, 2.75) is 13.0 Å². The van der Waals surface area contributed by atoms with Crippen molar-refractivity contribution in [2.24, 2.45) is 0 Å². The van der Waals surface area contributed by atoms with Gasteiger partial charge in [0.15, 0.2) is 11.5 Å². The van der Waals surface area contributed by atoms with Crippen LogP contribution >= 0.6 is 0 Å². The molecule has 1 fully saturated rings. The van der Waals surface area contributed by atoms with Crippen LogP contribution in [0.3, 0.4) is 0 Å². The standard InChI is InChI=1S/C29H37N3O5/c1-34-25-9-7-22-6-5-21(17-24(22)18-25)11-12-30-27(33)20-32-15-13-31(14-16-32)19-23-8-10-26(35-2)29(37-4)28(23)36-3/h5-10,17-18H,11-16,19-20H2,1-4H3,(H,30,33). The molecule has 3 aromatic carbocycles. The van der Waals surface area contributed by atoms with Gasteiger partial charge in [-0.25, -0.2) is 0 Å². The minimum absolute atomic E-state index is 0.0671. The summed E-state index contributed by atoms with van der Waals surface area (Å²) in [7, 11) is 6.56. The van der Waals surface area contributed by atoms with E-state index in [0.29, 0.717) is 30.3 Å². The van der Waals surface area contributed by atoms with Crippen LogP contribution in [0.15, 0.2) is 48.5 Å². The average molecular weight is 508 g/mol. The Morgan fingerprint density at radius 3 is 2.22 bits per heavy atom. The number of fused-ring (bicyclic) bond motifs is 1. The Kier molecular flexibility index (Phi) is 9.09. The zero-order valence-corrected chi connectivity index (χ0v) is 22.2. The minimum atomic E-state index is 0.0671. The van der Waals surface area contributed by atoms with Crippen molar-refractivity contribution in [2.75, 3.05) is 67.7 Å². The van der Waals surface area contributed by atoms with Gasteiger partial charge in [0.05, 0.1) is 35.0 Å². The molecule has 0 unspecified atom stereocenters. The van der Waals surface area contributed by atoms with Crippen LogP contribution < -0.4 is 24.3 Å². The van der Waals surface area contributed by atoms with E-state index in [-0.39, 0.29) is 5.91 Å². The van der Waals surface area contributed by atoms with Crippen LogP contribution in [0.25, 0.3) is 10.8 Å². The summed E-state index contributed by atoms with van der Waals surface area (Å²) >= 11 is 0. The fraction of sp³-hybridized carbons (Fsp3) is 0.414. The number of carbonyl (C=O) groups is 1. The fourth-order valence-corrected chi connectivity index (χ4v) is 4.80. The molecule has 0 radical (unpaired) electrons. The largest absolute Gasteiger partial charge is 0.497 e. The fourth-order valence-electron chi connectivity index (χ4n) is 4.80. The van der Waals surface area contributed by atoms with E-state index in [1.807, 2.05) is 24.3 Å². The van der Waals surface area contributed by atoms with Crippen LogP contribution in [0.4, 0.5) is 0 Å². The summed E-state index contributed by atoms with van der Waals surface area (Å²) < 4.78 is 21.9. The average Bonchev–Trinajstić information content (AvgIpc) is 2.93. The number of piperazine rings is 1. The maximum absolute atomic E-state index is 12.6. The molecule has 4 rings (SSSR count). The number of ether oxygens (including phenoxy) is 4. The predicted octanol–water partition coefficient (Wildman–Crippen LogP) is 3.35. The lowest BCUT2D eigenvalue weighted by atomic mass is 10.0. The van der Waals surface area contributed by atoms with Crippen LogP contribution in [0.2, 0.25) is 0 Å². The number of nitrogens with zero attached hydrogens (tertiary/aromatic N) is 2. The molecule has 1 aliphatic rings. The highest BCUT2D eigenvalue weighted by molar-refractivity contribution is 5.84. The van der Waals surface area contributed by atoms with Gasteiger partial charge in [-0.05, 0) is 41.0 Å². The number of hydrogen-bond donors (Lipinski definition) is 1. The third kappa shape index (κ3) is 6.64. The predicted molar refractivity (Wildman–Crippen MR) is 145 cm³/mol. The molecular weight excluding hydrogens is 470 g/mol. The highest BCUT2D eigenvalue weighted by Gasteiger charge is 2.22. The van der Waals surface area contributed by atoms with Crippen molar-refractivity contribution in [3.63, 3.8) is 0 Å². The zero-order valence-electron chi connectivity index (χ0n) is 22.2. The van der Waals surface area contributed by atoms with Gasteiger partial charge in [-0.1, -0.05) is 30.3 Å². The summed E-state index contributed by atoms with van der Waals surface area (Å²) in [5, 5.41) is 5.40. The van der Waals surface area contributed by atoms with Gasteiger partial charge in [0, 0.05) is 44.8 Å². The number of carbonyl (C=O) groups excluding carboxylic acids is 1. The maximum Gasteiger partial charge on any atom is 0.234 e. The molecule has 0 spiro atoms. The Morgan fingerprint density at radius 2 is 1.51 bits per heavy atom. The molecule has 0 saturated carbocycles. The molecule has 1 N–H and O–H groups in total. The number of nitrogens with one attached hydrogen (secondary N) is 1. The molecule has 0 atom stereocenters. The van der Waals surface area contributed by atoms with E-state index < -0.39 is 0 Å². The van der Waals surface area contributed by atoms with Crippen LogP contribution in [-0.2, 0) is 17.8 Å². The van der Waals surface area contributed by atoms with Gasteiger partial charge in [0.1, 0.15) is 5.75 Å². The Morgan fingerprint density at radius 1 is 0.784 bits per heavy atom. The monoisotopic (exact) mass is 507 g/mol. The van der Waals surface area contributed by atoms with Crippen molar-refractivity contribution in [3.8, 4) is 23.0 Å². The molecule has 1 saturated heterocycles. The molecule has 1 amide bonds. The molecule has 3 aromatic rings. The van der Waals surface area contributed by atoms with Gasteiger partial charge in [-0.3, -0.25) is 14.6 Å². The molecule has 0 aliphatic carbocycles. The maximum atomic E-state index is 12.6. The number of amides is 1. The van der Waals surface area contributed by atoms with E-state index in [2.05, 4.69) is 39.4 Å². The molecule has 0 bridgehead atoms. The van der Waals surface area contributed by atoms with Crippen LogP contribution in [0.5, 0.6) is 23.0 Å². The number of methoxy groups -OCH3 is 4. The Hall–Kier alpha value is -3.49. The van der Waals surface area contributed by atoms with Crippen molar-refractivity contribution >= 4 is 16.7 Å². The molecular formula is C29H37N3O5. The first-order valence-corrected chi connectivity index (χ1v) is 12.6. The van der Waals surface area contributed by atoms with Crippen LogP contribution in [-0.4, -0.2) is 83.4 Å². The Bertz CT molecular complexity index is 1210. The molecule has 37 heavy (non-hydrogen) atoms. The summed E-state index contributed by atoms with van der Waals surface area (Å²) in [5.74, 6) is 2.88. The second-order valence-corrected chi connectivity index (χ2v) is 9.19. The van der Waals surface area contributed by atoms with Gasteiger partial charge in [0.25, 0.3) is 0 Å². The van der Waals surface area contributed by atoms with Crippen LogP contribution in [0.1, 0.15) is 11.1 Å². The van der Waals surface area contributed by atoms with E-state index in [1.165, 1.54) is 10.9 Å². The Balaban J connectivity index is 1.22. The molecule has 8 nitrogen and oxygen atoms in total. The SMILES string of the molecule is COc1ccc2ccc(CCNC(=O)CN3CCN(Cc4ccc(OC)c(OC)c4OC)CC3)cc2c1. The van der Waals surface area contributed by atoms with Gasteiger partial charge < -0.3 is 24.3 Å². The summed E-state index contributed by atoms with van der Waals surface area (Å²) in [4.78, 5) is 17.1. The second kappa shape index (κ2) is 12.7. The van der Waals surface area contributed by atoms with Crippen molar-refractivity contribution in [1.82, 2.24) is 15.1 Å². The molecule has 0 aromatic heterocycles. The van der Waals surface area contributed by atoms with Crippen molar-refractivity contribution in [3.05, 3.63) is 59.7 Å². The van der Waals surface area contributed by atoms with Gasteiger partial charge in [-0.2, -0.15) is 0 Å². The minimum Gasteiger partial charge on any atom is -0.497 e. The van der Waals surface area contributed by atoms with E-state index in [1.54, 1.807) is 28.4 Å². The normalized spacial score (nSPS) is 14.4.